The molecule has 4 N–H and O–H groups in total. The predicted molar refractivity (Wildman–Crippen MR) is 113 cm³/mol. The molecule has 1 aliphatic heterocycles. The number of carbonyl (C=O) groups excluding carboxylic acids is 1. The van der Waals surface area contributed by atoms with E-state index in [0.717, 1.165) is 50.9 Å². The Bertz CT molecular complexity index is 927. The van der Waals surface area contributed by atoms with Crippen LogP contribution in [0.25, 0.3) is 0 Å². The third kappa shape index (κ3) is 4.66. The van der Waals surface area contributed by atoms with E-state index in [1.165, 1.54) is 5.56 Å². The molecule has 0 spiro atoms. The number of anilines is 3. The first-order valence-corrected chi connectivity index (χ1v) is 10.4. The zero-order chi connectivity index (χ0) is 20.9. The molecule has 0 radical (unpaired) electrons. The van der Waals surface area contributed by atoms with Crippen molar-refractivity contribution in [3.05, 3.63) is 35.5 Å². The highest BCUT2D eigenvalue weighted by Crippen LogP contribution is 2.29. The van der Waals surface area contributed by atoms with Crippen LogP contribution in [0.5, 0.6) is 0 Å². The van der Waals surface area contributed by atoms with Crippen molar-refractivity contribution >= 4 is 23.4 Å². The lowest BCUT2D eigenvalue weighted by atomic mass is 9.89. The van der Waals surface area contributed by atoms with Gasteiger partial charge < -0.3 is 16.4 Å². The largest absolute Gasteiger partial charge is 0.365 e. The molecule has 9 heteroatoms. The standard InChI is InChI=1S/C21H26N8O/c22-10-13-29-11-8-15(9-12-29)14-4-6-17(7-5-14)25-21-26-20(24-16-2-1-3-16)18(19(23)30)27-28-21/h4-7,15-16H,1-3,8-9,11-13H2,(H2,23,30)(H2,24,25,26,28). The molecule has 30 heavy (non-hydrogen) atoms. The van der Waals surface area contributed by atoms with Crippen molar-refractivity contribution < 1.29 is 4.79 Å². The molecule has 2 aliphatic rings. The van der Waals surface area contributed by atoms with Crippen LogP contribution in [0.4, 0.5) is 17.5 Å². The van der Waals surface area contributed by atoms with Gasteiger partial charge in [0.05, 0.1) is 12.6 Å². The van der Waals surface area contributed by atoms with Crippen LogP contribution in [0.2, 0.25) is 0 Å². The summed E-state index contributed by atoms with van der Waals surface area (Å²) >= 11 is 0. The molecule has 9 nitrogen and oxygen atoms in total. The summed E-state index contributed by atoms with van der Waals surface area (Å²) in [5.41, 5.74) is 7.61. The van der Waals surface area contributed by atoms with Gasteiger partial charge in [-0.05, 0) is 68.8 Å². The summed E-state index contributed by atoms with van der Waals surface area (Å²) in [5, 5.41) is 23.2. The summed E-state index contributed by atoms with van der Waals surface area (Å²) in [4.78, 5) is 18.2. The van der Waals surface area contributed by atoms with Crippen molar-refractivity contribution in [3.8, 4) is 6.07 Å². The average molecular weight is 406 g/mol. The highest BCUT2D eigenvalue weighted by atomic mass is 16.1. The van der Waals surface area contributed by atoms with Crippen LogP contribution in [-0.2, 0) is 0 Å². The van der Waals surface area contributed by atoms with Crippen molar-refractivity contribution in [2.45, 2.75) is 44.1 Å². The summed E-state index contributed by atoms with van der Waals surface area (Å²) in [6.07, 6.45) is 5.37. The second-order valence-electron chi connectivity index (χ2n) is 7.92. The number of nitrogens with two attached hydrogens (primary N) is 1. The van der Waals surface area contributed by atoms with Gasteiger partial charge in [-0.2, -0.15) is 10.2 Å². The van der Waals surface area contributed by atoms with E-state index in [2.05, 4.69) is 48.9 Å². The lowest BCUT2D eigenvalue weighted by Crippen LogP contribution is -2.33. The molecule has 2 fully saturated rings. The number of primary amides is 1. The Morgan fingerprint density at radius 1 is 1.17 bits per heavy atom. The second-order valence-corrected chi connectivity index (χ2v) is 7.92. The molecule has 0 unspecified atom stereocenters. The minimum atomic E-state index is -0.645. The van der Waals surface area contributed by atoms with Gasteiger partial charge in [0, 0.05) is 11.7 Å². The minimum Gasteiger partial charge on any atom is -0.365 e. The maximum absolute atomic E-state index is 11.6. The number of nitrogens with one attached hydrogen (secondary N) is 2. The van der Waals surface area contributed by atoms with Gasteiger partial charge in [0.15, 0.2) is 11.5 Å². The first-order valence-electron chi connectivity index (χ1n) is 10.4. The summed E-state index contributed by atoms with van der Waals surface area (Å²) in [6.45, 7) is 2.43. The molecule has 2 heterocycles. The highest BCUT2D eigenvalue weighted by Gasteiger charge is 2.22. The van der Waals surface area contributed by atoms with Gasteiger partial charge in [0.2, 0.25) is 5.95 Å². The fourth-order valence-electron chi connectivity index (χ4n) is 3.88. The third-order valence-electron chi connectivity index (χ3n) is 5.89. The van der Waals surface area contributed by atoms with Gasteiger partial charge in [-0.15, -0.1) is 10.2 Å². The molecule has 0 bridgehead atoms. The Hall–Kier alpha value is -3.25. The third-order valence-corrected chi connectivity index (χ3v) is 5.89. The number of likely N-dealkylation sites (tertiary alicyclic amines) is 1. The highest BCUT2D eigenvalue weighted by molar-refractivity contribution is 5.95. The van der Waals surface area contributed by atoms with E-state index >= 15 is 0 Å². The van der Waals surface area contributed by atoms with Crippen LogP contribution >= 0.6 is 0 Å². The van der Waals surface area contributed by atoms with Gasteiger partial charge in [-0.3, -0.25) is 9.69 Å². The topological polar surface area (TPSA) is 133 Å². The minimum absolute atomic E-state index is 0.0607. The molecule has 1 aliphatic carbocycles. The zero-order valence-corrected chi connectivity index (χ0v) is 16.8. The van der Waals surface area contributed by atoms with Crippen LogP contribution in [0, 0.1) is 11.3 Å². The lowest BCUT2D eigenvalue weighted by molar-refractivity contribution is 0.0995. The molecule has 4 rings (SSSR count). The number of nitriles is 1. The Morgan fingerprint density at radius 2 is 1.90 bits per heavy atom. The van der Waals surface area contributed by atoms with E-state index in [1.807, 2.05) is 12.1 Å². The zero-order valence-electron chi connectivity index (χ0n) is 16.8. The lowest BCUT2D eigenvalue weighted by Gasteiger charge is -2.30. The summed E-state index contributed by atoms with van der Waals surface area (Å²) in [6, 6.07) is 10.8. The van der Waals surface area contributed by atoms with Crippen LogP contribution in [0.1, 0.15) is 54.1 Å². The molecular formula is C21H26N8O. The number of rotatable bonds is 7. The van der Waals surface area contributed by atoms with Crippen molar-refractivity contribution in [2.24, 2.45) is 5.73 Å². The fraction of sp³-hybridized carbons (Fsp3) is 0.476. The van der Waals surface area contributed by atoms with Gasteiger partial charge in [0.1, 0.15) is 0 Å². The monoisotopic (exact) mass is 406 g/mol. The summed E-state index contributed by atoms with van der Waals surface area (Å²) in [7, 11) is 0. The van der Waals surface area contributed by atoms with Crippen LogP contribution in [0.15, 0.2) is 24.3 Å². The van der Waals surface area contributed by atoms with Gasteiger partial charge in [-0.25, -0.2) is 0 Å². The number of amides is 1. The molecule has 1 aromatic heterocycles. The molecule has 1 amide bonds. The van der Waals surface area contributed by atoms with Crippen LogP contribution in [-0.4, -0.2) is 51.7 Å². The van der Waals surface area contributed by atoms with E-state index < -0.39 is 5.91 Å². The summed E-state index contributed by atoms with van der Waals surface area (Å²) < 4.78 is 0. The number of benzene rings is 1. The molecule has 2 aromatic rings. The van der Waals surface area contributed by atoms with Crippen molar-refractivity contribution in [1.82, 2.24) is 20.1 Å². The number of hydrogen-bond donors (Lipinski definition) is 3. The molecule has 0 atom stereocenters. The first kappa shape index (κ1) is 20.0. The van der Waals surface area contributed by atoms with Crippen LogP contribution < -0.4 is 16.4 Å². The maximum atomic E-state index is 11.6. The van der Waals surface area contributed by atoms with Crippen molar-refractivity contribution in [1.29, 1.82) is 5.26 Å². The fourth-order valence-corrected chi connectivity index (χ4v) is 3.88. The van der Waals surface area contributed by atoms with E-state index in [-0.39, 0.29) is 5.69 Å². The van der Waals surface area contributed by atoms with Gasteiger partial charge in [-0.1, -0.05) is 12.1 Å². The average Bonchev–Trinajstić information content (AvgIpc) is 2.72. The number of carbonyl (C=O) groups is 1. The van der Waals surface area contributed by atoms with E-state index in [4.69, 9.17) is 11.0 Å². The van der Waals surface area contributed by atoms with Gasteiger partial charge in [0.25, 0.3) is 5.91 Å². The molecular weight excluding hydrogens is 380 g/mol. The number of hydrogen-bond acceptors (Lipinski definition) is 8. The first-order chi connectivity index (χ1) is 14.6. The smallest absolute Gasteiger partial charge is 0.273 e. The number of aromatic nitrogens is 3. The quantitative estimate of drug-likeness (QED) is 0.597. The second kappa shape index (κ2) is 9.05. The SMILES string of the molecule is N#CCN1CCC(c2ccc(Nc3nnc(C(N)=O)c(NC4CCC4)n3)cc2)CC1. The number of piperidine rings is 1. The normalized spacial score (nSPS) is 17.7. The maximum Gasteiger partial charge on any atom is 0.273 e. The Morgan fingerprint density at radius 3 is 2.50 bits per heavy atom. The Kier molecular flexibility index (Phi) is 6.05. The predicted octanol–water partition coefficient (Wildman–Crippen LogP) is 2.38. The van der Waals surface area contributed by atoms with Crippen LogP contribution in [0.3, 0.4) is 0 Å². The van der Waals surface area contributed by atoms with Crippen molar-refractivity contribution in [2.75, 3.05) is 30.3 Å². The number of nitrogens with zero attached hydrogens (tertiary/aromatic N) is 5. The van der Waals surface area contributed by atoms with E-state index in [1.54, 1.807) is 0 Å². The molecule has 1 saturated carbocycles. The van der Waals surface area contributed by atoms with Gasteiger partial charge >= 0.3 is 0 Å². The Balaban J connectivity index is 1.41. The van der Waals surface area contributed by atoms with Crippen molar-refractivity contribution in [3.63, 3.8) is 0 Å². The molecule has 1 aromatic carbocycles. The molecule has 156 valence electrons. The Labute approximate surface area is 175 Å². The van der Waals surface area contributed by atoms with E-state index in [9.17, 15) is 4.79 Å². The van der Waals surface area contributed by atoms with E-state index in [0.29, 0.717) is 30.3 Å². The summed E-state index contributed by atoms with van der Waals surface area (Å²) in [5.74, 6) is 0.568. The molecule has 1 saturated heterocycles.